The van der Waals surface area contributed by atoms with E-state index in [9.17, 15) is 9.59 Å². The molecule has 0 fully saturated rings. The molecule has 7 nitrogen and oxygen atoms in total. The van der Waals surface area contributed by atoms with Crippen LogP contribution < -0.4 is 19.6 Å². The third kappa shape index (κ3) is 5.73. The monoisotopic (exact) mass is 717 g/mol. The van der Waals surface area contributed by atoms with Crippen molar-refractivity contribution in [1.82, 2.24) is 9.13 Å². The highest BCUT2D eigenvalue weighted by molar-refractivity contribution is 9.10. The maximum atomic E-state index is 14.6. The fourth-order valence-corrected chi connectivity index (χ4v) is 7.56. The molecule has 1 aliphatic rings. The number of fused-ring (bicyclic) bond motifs is 2. The highest BCUT2D eigenvalue weighted by atomic mass is 79.9. The Labute approximate surface area is 289 Å². The zero-order valence-electron chi connectivity index (χ0n) is 26.6. The zero-order valence-corrected chi connectivity index (χ0v) is 29.0. The van der Waals surface area contributed by atoms with E-state index in [0.717, 1.165) is 37.8 Å². The zero-order chi connectivity index (χ0) is 33.4. The number of benzene rings is 4. The topological polar surface area (TPSA) is 74.8 Å². The standard InChI is InChI=1S/C39H32BrN3O4S/c1-4-47-38(45)34-35(26-11-6-5-7-12-26)41-39-43(36(34)27-13-10-14-29(21-27)46-3)37(44)33(48-39)22-31-24(2)42(32-16-9-8-15-30(31)32)23-25-17-19-28(40)20-18-25/h5-22,36H,4,23H2,1-3H3/b33-22-/t36-/m0/s1. The molecule has 0 saturated carbocycles. The number of halogens is 1. The van der Waals surface area contributed by atoms with E-state index in [1.165, 1.54) is 16.9 Å². The van der Waals surface area contributed by atoms with Crippen LogP contribution in [0, 0.1) is 6.92 Å². The summed E-state index contributed by atoms with van der Waals surface area (Å²) in [6.07, 6.45) is 1.97. The molecule has 7 rings (SSSR count). The summed E-state index contributed by atoms with van der Waals surface area (Å²) in [7, 11) is 1.59. The van der Waals surface area contributed by atoms with Gasteiger partial charge in [-0.15, -0.1) is 0 Å². The minimum atomic E-state index is -0.785. The average Bonchev–Trinajstić information content (AvgIpc) is 3.57. The maximum Gasteiger partial charge on any atom is 0.338 e. The van der Waals surface area contributed by atoms with Crippen LogP contribution in [0.15, 0.2) is 123 Å². The molecular formula is C39H32BrN3O4S. The first-order chi connectivity index (χ1) is 23.4. The molecular weight excluding hydrogens is 686 g/mol. The Morgan fingerprint density at radius 1 is 0.979 bits per heavy atom. The van der Waals surface area contributed by atoms with Gasteiger partial charge in [0.05, 0.1) is 35.6 Å². The van der Waals surface area contributed by atoms with Crippen molar-refractivity contribution in [3.05, 3.63) is 161 Å². The van der Waals surface area contributed by atoms with Crippen LogP contribution in [-0.4, -0.2) is 28.8 Å². The summed E-state index contributed by atoms with van der Waals surface area (Å²) in [5, 5.41) is 1.06. The van der Waals surface area contributed by atoms with Gasteiger partial charge in [0.25, 0.3) is 5.56 Å². The second-order valence-corrected chi connectivity index (χ2v) is 13.4. The number of hydrogen-bond donors (Lipinski definition) is 0. The number of esters is 1. The SMILES string of the molecule is CCOC(=O)C1=C(c2ccccc2)N=c2s/c(=C\c3c(C)n(Cc4ccc(Br)cc4)c4ccccc34)c(=O)n2[C@H]1c1cccc(OC)c1. The lowest BCUT2D eigenvalue weighted by molar-refractivity contribution is -0.138. The van der Waals surface area contributed by atoms with Crippen molar-refractivity contribution in [1.29, 1.82) is 0 Å². The Morgan fingerprint density at radius 3 is 2.48 bits per heavy atom. The van der Waals surface area contributed by atoms with Crippen molar-refractivity contribution in [2.75, 3.05) is 13.7 Å². The lowest BCUT2D eigenvalue weighted by Crippen LogP contribution is -2.40. The Kier molecular flexibility index (Phi) is 8.73. The number of ether oxygens (including phenoxy) is 2. The normalized spacial score (nSPS) is 14.6. The number of hydrogen-bond acceptors (Lipinski definition) is 6. The molecule has 1 atom stereocenters. The quantitative estimate of drug-likeness (QED) is 0.159. The van der Waals surface area contributed by atoms with Gasteiger partial charge in [0.15, 0.2) is 4.80 Å². The van der Waals surface area contributed by atoms with Crippen molar-refractivity contribution in [2.45, 2.75) is 26.4 Å². The lowest BCUT2D eigenvalue weighted by atomic mass is 9.93. The van der Waals surface area contributed by atoms with Gasteiger partial charge in [0.1, 0.15) is 5.75 Å². The van der Waals surface area contributed by atoms with E-state index < -0.39 is 12.0 Å². The average molecular weight is 719 g/mol. The van der Waals surface area contributed by atoms with Crippen molar-refractivity contribution in [3.63, 3.8) is 0 Å². The summed E-state index contributed by atoms with van der Waals surface area (Å²) in [5.74, 6) is 0.0966. The summed E-state index contributed by atoms with van der Waals surface area (Å²) < 4.78 is 16.6. The number of aromatic nitrogens is 2. The number of nitrogens with zero attached hydrogens (tertiary/aromatic N) is 3. The molecule has 3 heterocycles. The van der Waals surface area contributed by atoms with Gasteiger partial charge in [-0.05, 0) is 61.4 Å². The summed E-state index contributed by atoms with van der Waals surface area (Å²) in [5.41, 5.74) is 6.31. The molecule has 0 spiro atoms. The molecule has 1 aliphatic heterocycles. The van der Waals surface area contributed by atoms with Gasteiger partial charge in [0, 0.05) is 38.7 Å². The largest absolute Gasteiger partial charge is 0.497 e. The van der Waals surface area contributed by atoms with Crippen LogP contribution in [0.25, 0.3) is 22.7 Å². The van der Waals surface area contributed by atoms with E-state index in [0.29, 0.717) is 32.9 Å². The fourth-order valence-electron chi connectivity index (χ4n) is 6.31. The second kappa shape index (κ2) is 13.3. The molecule has 0 aliphatic carbocycles. The predicted molar refractivity (Wildman–Crippen MR) is 194 cm³/mol. The number of carbonyl (C=O) groups is 1. The van der Waals surface area contributed by atoms with Crippen molar-refractivity contribution < 1.29 is 14.3 Å². The van der Waals surface area contributed by atoms with E-state index in [1.807, 2.05) is 84.9 Å². The van der Waals surface area contributed by atoms with Gasteiger partial charge in [-0.3, -0.25) is 9.36 Å². The minimum absolute atomic E-state index is 0.184. The molecule has 4 aromatic carbocycles. The van der Waals surface area contributed by atoms with Crippen molar-refractivity contribution >= 4 is 55.9 Å². The summed E-state index contributed by atoms with van der Waals surface area (Å²) in [6.45, 7) is 4.73. The second-order valence-electron chi connectivity index (χ2n) is 11.4. The maximum absolute atomic E-state index is 14.6. The van der Waals surface area contributed by atoms with E-state index in [1.54, 1.807) is 18.6 Å². The van der Waals surface area contributed by atoms with Crippen LogP contribution in [0.5, 0.6) is 5.75 Å². The van der Waals surface area contributed by atoms with Gasteiger partial charge in [-0.25, -0.2) is 9.79 Å². The van der Waals surface area contributed by atoms with Crippen LogP contribution in [0.4, 0.5) is 0 Å². The Hall–Kier alpha value is -4.99. The first kappa shape index (κ1) is 31.6. The Morgan fingerprint density at radius 2 is 1.73 bits per heavy atom. The summed E-state index contributed by atoms with van der Waals surface area (Å²) in [4.78, 5) is 33.9. The summed E-state index contributed by atoms with van der Waals surface area (Å²) >= 11 is 4.85. The van der Waals surface area contributed by atoms with Gasteiger partial charge in [0.2, 0.25) is 0 Å². The van der Waals surface area contributed by atoms with Crippen molar-refractivity contribution in [3.8, 4) is 5.75 Å². The van der Waals surface area contributed by atoms with Gasteiger partial charge >= 0.3 is 5.97 Å². The van der Waals surface area contributed by atoms with E-state index in [-0.39, 0.29) is 12.2 Å². The first-order valence-corrected chi connectivity index (χ1v) is 17.2. The molecule has 0 amide bonds. The molecule has 0 bridgehead atoms. The molecule has 0 N–H and O–H groups in total. The van der Waals surface area contributed by atoms with E-state index in [4.69, 9.17) is 14.5 Å². The van der Waals surface area contributed by atoms with Crippen LogP contribution in [0.2, 0.25) is 0 Å². The first-order valence-electron chi connectivity index (χ1n) is 15.6. The molecule has 48 heavy (non-hydrogen) atoms. The number of para-hydroxylation sites is 1. The number of methoxy groups -OCH3 is 1. The number of rotatable bonds is 8. The Balaban J connectivity index is 1.47. The smallest absolute Gasteiger partial charge is 0.338 e. The highest BCUT2D eigenvalue weighted by Gasteiger charge is 2.35. The minimum Gasteiger partial charge on any atom is -0.497 e. The van der Waals surface area contributed by atoms with Crippen LogP contribution in [-0.2, 0) is 16.1 Å². The third-order valence-corrected chi connectivity index (χ3v) is 10.1. The van der Waals surface area contributed by atoms with Crippen LogP contribution >= 0.6 is 27.3 Å². The predicted octanol–water partition coefficient (Wildman–Crippen LogP) is 7.02. The highest BCUT2D eigenvalue weighted by Crippen LogP contribution is 2.36. The molecule has 240 valence electrons. The van der Waals surface area contributed by atoms with Crippen LogP contribution in [0.1, 0.15) is 40.9 Å². The number of carbonyl (C=O) groups excluding carboxylic acids is 1. The molecule has 0 saturated heterocycles. The molecule has 0 unspecified atom stereocenters. The lowest BCUT2D eigenvalue weighted by Gasteiger charge is -2.26. The van der Waals surface area contributed by atoms with Gasteiger partial charge in [-0.1, -0.05) is 100 Å². The van der Waals surface area contributed by atoms with Gasteiger partial charge < -0.3 is 14.0 Å². The van der Waals surface area contributed by atoms with E-state index in [2.05, 4.69) is 51.7 Å². The third-order valence-electron chi connectivity index (χ3n) is 8.59. The molecule has 9 heteroatoms. The Bertz CT molecular complexity index is 2390. The van der Waals surface area contributed by atoms with E-state index >= 15 is 0 Å². The van der Waals surface area contributed by atoms with Crippen molar-refractivity contribution in [2.24, 2.45) is 4.99 Å². The summed E-state index contributed by atoms with van der Waals surface area (Å²) in [6, 6.07) is 32.8. The fraction of sp³-hybridized carbons (Fsp3) is 0.154. The van der Waals surface area contributed by atoms with Crippen LogP contribution in [0.3, 0.4) is 0 Å². The molecule has 0 radical (unpaired) electrons. The van der Waals surface area contributed by atoms with Gasteiger partial charge in [-0.2, -0.15) is 0 Å². The molecule has 2 aromatic heterocycles. The number of thiazole rings is 1. The molecule has 6 aromatic rings.